The summed E-state index contributed by atoms with van der Waals surface area (Å²) in [6.45, 7) is 0. The van der Waals surface area contributed by atoms with Gasteiger partial charge < -0.3 is 4.90 Å². The third-order valence-electron chi connectivity index (χ3n) is 4.12. The lowest BCUT2D eigenvalue weighted by molar-refractivity contribution is -0.137. The molecule has 0 bridgehead atoms. The van der Waals surface area contributed by atoms with Crippen molar-refractivity contribution >= 4 is 34.7 Å². The molecular weight excluding hydrogens is 369 g/mol. The van der Waals surface area contributed by atoms with Crippen molar-refractivity contribution in [3.63, 3.8) is 0 Å². The molecule has 1 aliphatic rings. The highest BCUT2D eigenvalue weighted by Crippen LogP contribution is 2.33. The summed E-state index contributed by atoms with van der Waals surface area (Å²) in [4.78, 5) is 18.3. The van der Waals surface area contributed by atoms with Crippen LogP contribution in [0.2, 0.25) is 0 Å². The zero-order chi connectivity index (χ0) is 17.9. The minimum Gasteiger partial charge on any atom is -0.309 e. The van der Waals surface area contributed by atoms with E-state index in [0.717, 1.165) is 41.5 Å². The molecule has 0 aliphatic carbocycles. The number of aromatic nitrogens is 1. The largest absolute Gasteiger partial charge is 0.416 e. The number of anilines is 1. The highest BCUT2D eigenvalue weighted by Gasteiger charge is 2.32. The molecule has 1 amide bonds. The lowest BCUT2D eigenvalue weighted by Crippen LogP contribution is -2.44. The van der Waals surface area contributed by atoms with Crippen LogP contribution in [-0.4, -0.2) is 22.7 Å². The van der Waals surface area contributed by atoms with E-state index < -0.39 is 11.7 Å². The molecule has 134 valence electrons. The van der Waals surface area contributed by atoms with Gasteiger partial charge in [0.2, 0.25) is 5.91 Å². The van der Waals surface area contributed by atoms with Crippen LogP contribution in [0.3, 0.4) is 0 Å². The van der Waals surface area contributed by atoms with Gasteiger partial charge in [-0.25, -0.2) is 4.98 Å². The molecule has 2 aromatic rings. The smallest absolute Gasteiger partial charge is 0.309 e. The van der Waals surface area contributed by atoms with Gasteiger partial charge in [-0.3, -0.25) is 4.79 Å². The summed E-state index contributed by atoms with van der Waals surface area (Å²) in [7, 11) is 0. The summed E-state index contributed by atoms with van der Waals surface area (Å²) >= 11 is 3.22. The van der Waals surface area contributed by atoms with Crippen molar-refractivity contribution in [1.82, 2.24) is 4.98 Å². The molecule has 1 fully saturated rings. The molecule has 0 N–H and O–H groups in total. The molecule has 0 saturated carbocycles. The molecule has 0 radical (unpaired) electrons. The van der Waals surface area contributed by atoms with Gasteiger partial charge in [0.1, 0.15) is 4.34 Å². The summed E-state index contributed by atoms with van der Waals surface area (Å²) < 4.78 is 39.2. The predicted molar refractivity (Wildman–Crippen MR) is 94.0 cm³/mol. The van der Waals surface area contributed by atoms with E-state index in [2.05, 4.69) is 4.98 Å². The molecule has 1 aromatic carbocycles. The fourth-order valence-electron chi connectivity index (χ4n) is 2.95. The molecule has 8 heteroatoms. The van der Waals surface area contributed by atoms with E-state index in [0.29, 0.717) is 12.1 Å². The Hall–Kier alpha value is -1.54. The SMILES string of the molecule is O=C1CCCC(CCSc2nccs2)N1c1ccc(C(F)(F)F)cc1. The lowest BCUT2D eigenvalue weighted by Gasteiger charge is -2.36. The first kappa shape index (κ1) is 18.3. The van der Waals surface area contributed by atoms with Gasteiger partial charge in [0.25, 0.3) is 0 Å². The third-order valence-corrected chi connectivity index (χ3v) is 6.12. The molecule has 2 heterocycles. The number of rotatable bonds is 5. The van der Waals surface area contributed by atoms with Crippen LogP contribution in [0.5, 0.6) is 0 Å². The average molecular weight is 386 g/mol. The minimum atomic E-state index is -4.37. The summed E-state index contributed by atoms with van der Waals surface area (Å²) in [6, 6.07) is 4.89. The van der Waals surface area contributed by atoms with Crippen molar-refractivity contribution in [3.8, 4) is 0 Å². The van der Waals surface area contributed by atoms with Crippen molar-refractivity contribution in [2.45, 2.75) is 42.2 Å². The number of nitrogens with zero attached hydrogens (tertiary/aromatic N) is 2. The number of hydrogen-bond acceptors (Lipinski definition) is 4. The van der Waals surface area contributed by atoms with Crippen LogP contribution in [0.4, 0.5) is 18.9 Å². The van der Waals surface area contributed by atoms with Gasteiger partial charge in [0.15, 0.2) is 0 Å². The van der Waals surface area contributed by atoms with Crippen LogP contribution in [0, 0.1) is 0 Å². The number of thioether (sulfide) groups is 1. The molecule has 0 spiro atoms. The number of halogens is 3. The Kier molecular flexibility index (Phi) is 5.68. The van der Waals surface area contributed by atoms with Gasteiger partial charge in [0.05, 0.1) is 5.56 Å². The second-order valence-corrected chi connectivity index (χ2v) is 8.03. The monoisotopic (exact) mass is 386 g/mol. The number of thiazole rings is 1. The van der Waals surface area contributed by atoms with E-state index in [1.807, 2.05) is 5.38 Å². The minimum absolute atomic E-state index is 0.0183. The fourth-order valence-corrected chi connectivity index (χ4v) is 4.69. The molecule has 1 aliphatic heterocycles. The zero-order valence-electron chi connectivity index (χ0n) is 13.3. The molecule has 1 atom stereocenters. The molecule has 3 nitrogen and oxygen atoms in total. The van der Waals surface area contributed by atoms with Crippen molar-refractivity contribution < 1.29 is 18.0 Å². The molecule has 1 unspecified atom stereocenters. The highest BCUT2D eigenvalue weighted by molar-refractivity contribution is 8.00. The number of hydrogen-bond donors (Lipinski definition) is 0. The Morgan fingerprint density at radius 2 is 2.04 bits per heavy atom. The first-order valence-electron chi connectivity index (χ1n) is 7.97. The van der Waals surface area contributed by atoms with E-state index in [4.69, 9.17) is 0 Å². The average Bonchev–Trinajstić information content (AvgIpc) is 3.08. The maximum atomic E-state index is 12.7. The second-order valence-electron chi connectivity index (χ2n) is 5.79. The van der Waals surface area contributed by atoms with Crippen LogP contribution in [0.1, 0.15) is 31.2 Å². The van der Waals surface area contributed by atoms with E-state index in [-0.39, 0.29) is 11.9 Å². The topological polar surface area (TPSA) is 33.2 Å². The summed E-state index contributed by atoms with van der Waals surface area (Å²) in [6.07, 6.45) is 0.307. The van der Waals surface area contributed by atoms with Crippen LogP contribution in [0.25, 0.3) is 0 Å². The normalized spacial score (nSPS) is 18.6. The van der Waals surface area contributed by atoms with Crippen LogP contribution in [0.15, 0.2) is 40.2 Å². The Labute approximate surface area is 152 Å². The van der Waals surface area contributed by atoms with Crippen LogP contribution < -0.4 is 4.90 Å². The number of piperidine rings is 1. The number of carbonyl (C=O) groups excluding carboxylic acids is 1. The number of alkyl halides is 3. The van der Waals surface area contributed by atoms with E-state index in [1.54, 1.807) is 34.2 Å². The van der Waals surface area contributed by atoms with Crippen molar-refractivity contribution in [2.24, 2.45) is 0 Å². The van der Waals surface area contributed by atoms with Crippen molar-refractivity contribution in [1.29, 1.82) is 0 Å². The van der Waals surface area contributed by atoms with Gasteiger partial charge >= 0.3 is 6.18 Å². The van der Waals surface area contributed by atoms with Crippen molar-refractivity contribution in [3.05, 3.63) is 41.4 Å². The Morgan fingerprint density at radius 1 is 1.28 bits per heavy atom. The van der Waals surface area contributed by atoms with Crippen LogP contribution >= 0.6 is 23.1 Å². The fraction of sp³-hybridized carbons (Fsp3) is 0.412. The Balaban J connectivity index is 1.70. The standard InChI is InChI=1S/C17H17F3N2OS2/c18-17(19,20)12-4-6-14(7-5-12)22-13(2-1-3-15(22)23)8-10-24-16-21-9-11-25-16/h4-7,9,11,13H,1-3,8,10H2. The maximum Gasteiger partial charge on any atom is 0.416 e. The van der Waals surface area contributed by atoms with Gasteiger partial charge in [-0.15, -0.1) is 11.3 Å². The van der Waals surface area contributed by atoms with Crippen LogP contribution in [-0.2, 0) is 11.0 Å². The number of benzene rings is 1. The molecule has 1 saturated heterocycles. The molecule has 1 aromatic heterocycles. The quantitative estimate of drug-likeness (QED) is 0.660. The summed E-state index contributed by atoms with van der Waals surface area (Å²) in [5.74, 6) is 0.804. The van der Waals surface area contributed by atoms with Gasteiger partial charge in [0, 0.05) is 35.5 Å². The zero-order valence-corrected chi connectivity index (χ0v) is 15.0. The van der Waals surface area contributed by atoms with E-state index >= 15 is 0 Å². The second kappa shape index (κ2) is 7.78. The maximum absolute atomic E-state index is 12.7. The summed E-state index contributed by atoms with van der Waals surface area (Å²) in [5.41, 5.74) is -0.154. The molecular formula is C17H17F3N2OS2. The van der Waals surface area contributed by atoms with Gasteiger partial charge in [-0.05, 0) is 43.5 Å². The van der Waals surface area contributed by atoms with E-state index in [9.17, 15) is 18.0 Å². The number of carbonyl (C=O) groups is 1. The third kappa shape index (κ3) is 4.55. The first-order chi connectivity index (χ1) is 11.9. The summed E-state index contributed by atoms with van der Waals surface area (Å²) in [5, 5.41) is 1.92. The molecule has 25 heavy (non-hydrogen) atoms. The number of amides is 1. The van der Waals surface area contributed by atoms with Gasteiger partial charge in [-0.2, -0.15) is 13.2 Å². The first-order valence-corrected chi connectivity index (χ1v) is 9.83. The molecule has 3 rings (SSSR count). The van der Waals surface area contributed by atoms with Gasteiger partial charge in [-0.1, -0.05) is 11.8 Å². The van der Waals surface area contributed by atoms with Crippen molar-refractivity contribution in [2.75, 3.05) is 10.7 Å². The lowest BCUT2D eigenvalue weighted by atomic mass is 9.98. The Morgan fingerprint density at radius 3 is 2.68 bits per heavy atom. The van der Waals surface area contributed by atoms with E-state index in [1.165, 1.54) is 12.1 Å². The highest BCUT2D eigenvalue weighted by atomic mass is 32.2. The predicted octanol–water partition coefficient (Wildman–Crippen LogP) is 5.23. The Bertz CT molecular complexity index is 702.